The molecule has 2 saturated heterocycles. The summed E-state index contributed by atoms with van der Waals surface area (Å²) < 4.78 is 29.7. The van der Waals surface area contributed by atoms with E-state index in [0.29, 0.717) is 13.2 Å². The van der Waals surface area contributed by atoms with Crippen molar-refractivity contribution in [3.05, 3.63) is 71.8 Å². The number of benzene rings is 2. The van der Waals surface area contributed by atoms with Crippen LogP contribution < -0.4 is 5.32 Å². The lowest BCUT2D eigenvalue weighted by Crippen LogP contribution is -2.56. The first-order valence-electron chi connectivity index (χ1n) is 11.7. The Bertz CT molecular complexity index is 923. The molecule has 8 heteroatoms. The molecule has 0 saturated carbocycles. The Hall–Kier alpha value is -2.33. The van der Waals surface area contributed by atoms with Gasteiger partial charge in [-0.15, -0.1) is 0 Å². The van der Waals surface area contributed by atoms with Crippen molar-refractivity contribution >= 4 is 5.97 Å². The van der Waals surface area contributed by atoms with Crippen LogP contribution in [0.25, 0.3) is 0 Å². The van der Waals surface area contributed by atoms with E-state index in [1.807, 2.05) is 74.5 Å². The Kier molecular flexibility index (Phi) is 7.98. The molecule has 2 N–H and O–H groups in total. The van der Waals surface area contributed by atoms with E-state index in [9.17, 15) is 9.90 Å². The third-order valence-electron chi connectivity index (χ3n) is 5.92. The molecule has 0 amide bonds. The van der Waals surface area contributed by atoms with E-state index in [1.165, 1.54) is 0 Å². The second-order valence-electron chi connectivity index (χ2n) is 8.92. The van der Waals surface area contributed by atoms with Gasteiger partial charge in [0.25, 0.3) is 0 Å². The molecular weight excluding hydrogens is 438 g/mol. The van der Waals surface area contributed by atoms with Crippen molar-refractivity contribution in [2.24, 2.45) is 0 Å². The molecule has 8 nitrogen and oxygen atoms in total. The molecule has 2 heterocycles. The summed E-state index contributed by atoms with van der Waals surface area (Å²) in [4.78, 5) is 12.5. The molecule has 0 unspecified atom stereocenters. The smallest absolute Gasteiger partial charge is 0.336 e. The maximum absolute atomic E-state index is 12.5. The van der Waals surface area contributed by atoms with Crippen molar-refractivity contribution in [2.75, 3.05) is 6.61 Å². The number of aliphatic hydroxyl groups excluding tert-OH is 1. The van der Waals surface area contributed by atoms with Gasteiger partial charge in [0.05, 0.1) is 19.3 Å². The minimum atomic E-state index is -1.47. The number of esters is 1. The number of nitrogens with one attached hydrogen (secondary N) is 1. The molecule has 2 aromatic rings. The van der Waals surface area contributed by atoms with E-state index >= 15 is 0 Å². The van der Waals surface area contributed by atoms with Crippen molar-refractivity contribution in [1.29, 1.82) is 0 Å². The zero-order valence-electron chi connectivity index (χ0n) is 19.8. The molecule has 34 heavy (non-hydrogen) atoms. The van der Waals surface area contributed by atoms with E-state index in [-0.39, 0.29) is 6.61 Å². The largest absolute Gasteiger partial charge is 0.464 e. The van der Waals surface area contributed by atoms with Gasteiger partial charge in [-0.25, -0.2) is 4.79 Å². The number of hydrogen-bond donors (Lipinski definition) is 2. The lowest BCUT2D eigenvalue weighted by Gasteiger charge is -2.33. The average molecular weight is 472 g/mol. The fourth-order valence-corrected chi connectivity index (χ4v) is 4.36. The molecule has 0 radical (unpaired) electrons. The summed E-state index contributed by atoms with van der Waals surface area (Å²) >= 11 is 0. The number of hydrogen-bond acceptors (Lipinski definition) is 8. The van der Waals surface area contributed by atoms with Crippen LogP contribution in [0.4, 0.5) is 0 Å². The van der Waals surface area contributed by atoms with Crippen LogP contribution >= 0.6 is 0 Å². The van der Waals surface area contributed by atoms with Crippen molar-refractivity contribution in [1.82, 2.24) is 5.32 Å². The Morgan fingerprint density at radius 3 is 2.35 bits per heavy atom. The topological polar surface area (TPSA) is 95.5 Å². The third kappa shape index (κ3) is 5.83. The van der Waals surface area contributed by atoms with E-state index < -0.39 is 48.5 Å². The normalized spacial score (nSPS) is 27.2. The number of carbonyl (C=O) groups excluding carboxylic acids is 1. The number of fused-ring (bicyclic) bond motifs is 1. The van der Waals surface area contributed by atoms with Gasteiger partial charge >= 0.3 is 5.97 Å². The lowest BCUT2D eigenvalue weighted by atomic mass is 9.97. The van der Waals surface area contributed by atoms with E-state index in [2.05, 4.69) is 5.32 Å². The Balaban J connectivity index is 1.57. The zero-order valence-corrected chi connectivity index (χ0v) is 19.8. The number of carbonyl (C=O) groups is 1. The molecule has 2 aliphatic rings. The van der Waals surface area contributed by atoms with Gasteiger partial charge in [-0.05, 0) is 31.9 Å². The van der Waals surface area contributed by atoms with Gasteiger partial charge < -0.3 is 34.1 Å². The zero-order chi connectivity index (χ0) is 24.1. The first-order chi connectivity index (χ1) is 16.4. The predicted molar refractivity (Wildman–Crippen MR) is 123 cm³/mol. The Morgan fingerprint density at radius 2 is 1.71 bits per heavy atom. The van der Waals surface area contributed by atoms with Gasteiger partial charge in [0.1, 0.15) is 18.3 Å². The van der Waals surface area contributed by atoms with Gasteiger partial charge in [-0.2, -0.15) is 0 Å². The van der Waals surface area contributed by atoms with Crippen LogP contribution in [0.5, 0.6) is 0 Å². The van der Waals surface area contributed by atoms with Crippen LogP contribution in [0.3, 0.4) is 0 Å². The first-order valence-corrected chi connectivity index (χ1v) is 11.7. The SMILES string of the molecule is CCOC(=O)[C@H](O)[C@H](NCc1ccccc1)[C@H]1O[C@@H]2OC(C)(C)O[C@@H]2[C@H]1OCc1ccccc1. The molecule has 0 spiro atoms. The summed E-state index contributed by atoms with van der Waals surface area (Å²) in [6.45, 7) is 6.22. The van der Waals surface area contributed by atoms with Crippen LogP contribution in [0.1, 0.15) is 31.9 Å². The summed E-state index contributed by atoms with van der Waals surface area (Å²) in [6.07, 6.45) is -3.99. The molecule has 184 valence electrons. The highest BCUT2D eigenvalue weighted by molar-refractivity contribution is 5.75. The van der Waals surface area contributed by atoms with Crippen molar-refractivity contribution in [3.8, 4) is 0 Å². The molecule has 2 fully saturated rings. The summed E-state index contributed by atoms with van der Waals surface area (Å²) in [6, 6.07) is 18.7. The van der Waals surface area contributed by atoms with E-state index in [1.54, 1.807) is 6.92 Å². The fourth-order valence-electron chi connectivity index (χ4n) is 4.36. The maximum Gasteiger partial charge on any atom is 0.336 e. The lowest BCUT2D eigenvalue weighted by molar-refractivity contribution is -0.226. The number of aliphatic hydroxyl groups is 1. The van der Waals surface area contributed by atoms with Gasteiger partial charge in [0, 0.05) is 6.54 Å². The van der Waals surface area contributed by atoms with Gasteiger partial charge in [-0.3, -0.25) is 0 Å². The van der Waals surface area contributed by atoms with Crippen molar-refractivity contribution in [2.45, 2.75) is 76.5 Å². The van der Waals surface area contributed by atoms with Crippen LogP contribution in [-0.4, -0.2) is 60.2 Å². The molecule has 4 rings (SSSR count). The quantitative estimate of drug-likeness (QED) is 0.511. The standard InChI is InChI=1S/C26H33NO7/c1-4-30-24(29)20(28)19(27-15-17-11-7-5-8-12-17)21-22(31-16-18-13-9-6-10-14-18)23-25(32-21)34-26(2,3)33-23/h5-14,19-23,25,27-28H,4,15-16H2,1-3H3/t19-,20+,21+,22-,23+,25+/m0/s1. The number of ether oxygens (including phenoxy) is 5. The minimum Gasteiger partial charge on any atom is -0.464 e. The molecular formula is C26H33NO7. The highest BCUT2D eigenvalue weighted by atomic mass is 16.8. The Morgan fingerprint density at radius 1 is 1.06 bits per heavy atom. The molecule has 0 aromatic heterocycles. The molecule has 0 aliphatic carbocycles. The van der Waals surface area contributed by atoms with Crippen LogP contribution in [0.15, 0.2) is 60.7 Å². The van der Waals surface area contributed by atoms with Crippen molar-refractivity contribution < 1.29 is 33.6 Å². The van der Waals surface area contributed by atoms with E-state index in [0.717, 1.165) is 11.1 Å². The van der Waals surface area contributed by atoms with Gasteiger partial charge in [-0.1, -0.05) is 60.7 Å². The second kappa shape index (κ2) is 10.9. The fraction of sp³-hybridized carbons (Fsp3) is 0.500. The third-order valence-corrected chi connectivity index (χ3v) is 5.92. The monoisotopic (exact) mass is 471 g/mol. The average Bonchev–Trinajstić information content (AvgIpc) is 3.30. The Labute approximate surface area is 200 Å². The van der Waals surface area contributed by atoms with Crippen LogP contribution in [0.2, 0.25) is 0 Å². The summed E-state index contributed by atoms with van der Waals surface area (Å²) in [5.74, 6) is -1.56. The van der Waals surface area contributed by atoms with Crippen LogP contribution in [0, 0.1) is 0 Å². The minimum absolute atomic E-state index is 0.159. The summed E-state index contributed by atoms with van der Waals surface area (Å²) in [5, 5.41) is 14.3. The molecule has 6 atom stereocenters. The molecule has 2 aliphatic heterocycles. The van der Waals surface area contributed by atoms with Gasteiger partial charge in [0.2, 0.25) is 0 Å². The van der Waals surface area contributed by atoms with Crippen molar-refractivity contribution in [3.63, 3.8) is 0 Å². The summed E-state index contributed by atoms with van der Waals surface area (Å²) in [7, 11) is 0. The van der Waals surface area contributed by atoms with Gasteiger partial charge in [0.15, 0.2) is 18.2 Å². The second-order valence-corrected chi connectivity index (χ2v) is 8.92. The maximum atomic E-state index is 12.5. The molecule has 2 aromatic carbocycles. The highest BCUT2D eigenvalue weighted by Gasteiger charge is 2.58. The molecule has 0 bridgehead atoms. The van der Waals surface area contributed by atoms with Crippen LogP contribution in [-0.2, 0) is 41.6 Å². The van der Waals surface area contributed by atoms with E-state index in [4.69, 9.17) is 23.7 Å². The first kappa shape index (κ1) is 24.8. The number of rotatable bonds is 10. The predicted octanol–water partition coefficient (Wildman–Crippen LogP) is 2.53. The highest BCUT2D eigenvalue weighted by Crippen LogP contribution is 2.40. The summed E-state index contributed by atoms with van der Waals surface area (Å²) in [5.41, 5.74) is 1.99.